The fourth-order valence-electron chi connectivity index (χ4n) is 2.32. The van der Waals surface area contributed by atoms with Crippen LogP contribution in [0, 0.1) is 0 Å². The summed E-state index contributed by atoms with van der Waals surface area (Å²) in [6, 6.07) is 3.75. The van der Waals surface area contributed by atoms with E-state index in [1.807, 2.05) is 12.1 Å². The number of pyridine rings is 1. The molecule has 6 nitrogen and oxygen atoms in total. The molecule has 0 aliphatic carbocycles. The highest BCUT2D eigenvalue weighted by Gasteiger charge is 2.29. The number of hydrogen-bond donors (Lipinski definition) is 2. The number of halogens is 1. The van der Waals surface area contributed by atoms with Gasteiger partial charge in [-0.05, 0) is 38.8 Å². The highest BCUT2D eigenvalue weighted by atomic mass is 127. The van der Waals surface area contributed by atoms with Crippen molar-refractivity contribution in [3.63, 3.8) is 0 Å². The zero-order valence-electron chi connectivity index (χ0n) is 13.9. The zero-order valence-corrected chi connectivity index (χ0v) is 16.2. The molecule has 0 aromatic carbocycles. The van der Waals surface area contributed by atoms with Crippen molar-refractivity contribution < 1.29 is 9.47 Å². The molecule has 0 bridgehead atoms. The van der Waals surface area contributed by atoms with E-state index in [2.05, 4.69) is 34.5 Å². The number of guanidine groups is 1. The van der Waals surface area contributed by atoms with Gasteiger partial charge < -0.3 is 20.1 Å². The first-order valence-corrected chi connectivity index (χ1v) is 7.91. The van der Waals surface area contributed by atoms with Gasteiger partial charge in [-0.3, -0.25) is 9.98 Å². The summed E-state index contributed by atoms with van der Waals surface area (Å²) in [6.07, 6.45) is 5.62. The Balaban J connectivity index is 0.00000264. The van der Waals surface area contributed by atoms with Crippen LogP contribution in [0.3, 0.4) is 0 Å². The van der Waals surface area contributed by atoms with Gasteiger partial charge in [-0.2, -0.15) is 0 Å². The van der Waals surface area contributed by atoms with Gasteiger partial charge in [0.15, 0.2) is 5.96 Å². The number of ether oxygens (including phenoxy) is 2. The minimum atomic E-state index is -0.117. The van der Waals surface area contributed by atoms with E-state index >= 15 is 0 Å². The summed E-state index contributed by atoms with van der Waals surface area (Å²) in [5.74, 6) is 1.58. The number of nitrogens with one attached hydrogen (secondary N) is 2. The van der Waals surface area contributed by atoms with Crippen molar-refractivity contribution in [2.24, 2.45) is 4.99 Å². The monoisotopic (exact) mass is 434 g/mol. The lowest BCUT2D eigenvalue weighted by molar-refractivity contribution is 0.0283. The molecule has 23 heavy (non-hydrogen) atoms. The Kier molecular flexibility index (Phi) is 9.23. The van der Waals surface area contributed by atoms with Crippen molar-refractivity contribution in [1.82, 2.24) is 15.6 Å². The molecule has 0 amide bonds. The van der Waals surface area contributed by atoms with Crippen molar-refractivity contribution in [3.05, 3.63) is 24.5 Å². The highest BCUT2D eigenvalue weighted by Crippen LogP contribution is 2.24. The molecule has 1 saturated heterocycles. The van der Waals surface area contributed by atoms with Crippen LogP contribution in [0.25, 0.3) is 0 Å². The van der Waals surface area contributed by atoms with Crippen LogP contribution in [-0.2, 0) is 4.74 Å². The zero-order chi connectivity index (χ0) is 15.7. The molecule has 2 N–H and O–H groups in total. The Hall–Kier alpha value is -1.09. The van der Waals surface area contributed by atoms with Crippen LogP contribution in [-0.4, -0.2) is 49.4 Å². The first-order chi connectivity index (χ1) is 10.7. The summed E-state index contributed by atoms with van der Waals surface area (Å²) < 4.78 is 11.4. The summed E-state index contributed by atoms with van der Waals surface area (Å²) in [4.78, 5) is 8.63. The standard InChI is InChI=1S/C16H26N4O2.HI/c1-3-18-15(20-13-16(2)7-5-10-22-16)19-9-11-21-14-6-4-8-17-12-14;/h4,6,8,12H,3,5,7,9-11,13H2,1-2H3,(H2,18,19,20);1H. The first-order valence-electron chi connectivity index (χ1n) is 7.91. The molecule has 1 aromatic rings. The fraction of sp³-hybridized carbons (Fsp3) is 0.625. The maximum atomic E-state index is 5.76. The summed E-state index contributed by atoms with van der Waals surface area (Å²) >= 11 is 0. The summed E-state index contributed by atoms with van der Waals surface area (Å²) in [5.41, 5.74) is -0.117. The van der Waals surface area contributed by atoms with Gasteiger partial charge in [-0.15, -0.1) is 24.0 Å². The van der Waals surface area contributed by atoms with Gasteiger partial charge in [0.05, 0.1) is 24.9 Å². The largest absolute Gasteiger partial charge is 0.490 e. The molecular formula is C16H27IN4O2. The number of aliphatic imine (C=N–C) groups is 1. The van der Waals surface area contributed by atoms with Gasteiger partial charge in [-0.25, -0.2) is 0 Å². The average molecular weight is 434 g/mol. The van der Waals surface area contributed by atoms with Gasteiger partial charge >= 0.3 is 0 Å². The van der Waals surface area contributed by atoms with Gasteiger partial charge in [0.1, 0.15) is 12.4 Å². The third kappa shape index (κ3) is 7.34. The lowest BCUT2D eigenvalue weighted by Gasteiger charge is -2.21. The quantitative estimate of drug-likeness (QED) is 0.298. The maximum absolute atomic E-state index is 5.76. The Morgan fingerprint density at radius 2 is 2.35 bits per heavy atom. The van der Waals surface area contributed by atoms with Crippen LogP contribution in [0.2, 0.25) is 0 Å². The second kappa shape index (κ2) is 10.6. The molecule has 1 aromatic heterocycles. The molecule has 1 fully saturated rings. The predicted molar refractivity (Wildman–Crippen MR) is 103 cm³/mol. The minimum absolute atomic E-state index is 0. The average Bonchev–Trinajstić information content (AvgIpc) is 2.97. The maximum Gasteiger partial charge on any atom is 0.191 e. The third-order valence-electron chi connectivity index (χ3n) is 3.51. The molecule has 1 unspecified atom stereocenters. The van der Waals surface area contributed by atoms with Crippen molar-refractivity contribution in [2.45, 2.75) is 32.3 Å². The smallest absolute Gasteiger partial charge is 0.191 e. The van der Waals surface area contributed by atoms with Gasteiger partial charge in [0.25, 0.3) is 0 Å². The topological polar surface area (TPSA) is 67.8 Å². The van der Waals surface area contributed by atoms with Crippen LogP contribution >= 0.6 is 24.0 Å². The molecule has 0 spiro atoms. The summed E-state index contributed by atoms with van der Waals surface area (Å²) in [7, 11) is 0. The molecule has 1 aliphatic heterocycles. The second-order valence-corrected chi connectivity index (χ2v) is 5.56. The van der Waals surface area contributed by atoms with E-state index in [0.717, 1.165) is 37.7 Å². The Bertz CT molecular complexity index is 464. The molecule has 2 heterocycles. The Morgan fingerprint density at radius 3 is 3.00 bits per heavy atom. The molecular weight excluding hydrogens is 407 g/mol. The van der Waals surface area contributed by atoms with E-state index < -0.39 is 0 Å². The van der Waals surface area contributed by atoms with E-state index in [9.17, 15) is 0 Å². The predicted octanol–water partition coefficient (Wildman–Crippen LogP) is 2.20. The molecule has 130 valence electrons. The van der Waals surface area contributed by atoms with Crippen molar-refractivity contribution in [1.29, 1.82) is 0 Å². The number of aromatic nitrogens is 1. The molecule has 7 heteroatoms. The molecule has 0 radical (unpaired) electrons. The van der Waals surface area contributed by atoms with Crippen molar-refractivity contribution >= 4 is 29.9 Å². The van der Waals surface area contributed by atoms with Crippen LogP contribution in [0.1, 0.15) is 26.7 Å². The Morgan fingerprint density at radius 1 is 1.48 bits per heavy atom. The molecule has 2 rings (SSSR count). The summed E-state index contributed by atoms with van der Waals surface area (Å²) in [5, 5.41) is 6.51. The van der Waals surface area contributed by atoms with Crippen LogP contribution < -0.4 is 15.4 Å². The molecule has 1 aliphatic rings. The number of hydrogen-bond acceptors (Lipinski definition) is 4. The summed E-state index contributed by atoms with van der Waals surface area (Å²) in [6.45, 7) is 7.76. The lowest BCUT2D eigenvalue weighted by Crippen LogP contribution is -2.40. The van der Waals surface area contributed by atoms with Crippen molar-refractivity contribution in [2.75, 3.05) is 32.8 Å². The number of nitrogens with zero attached hydrogens (tertiary/aromatic N) is 2. The second-order valence-electron chi connectivity index (χ2n) is 5.56. The molecule has 1 atom stereocenters. The van der Waals surface area contributed by atoms with Gasteiger partial charge in [0.2, 0.25) is 0 Å². The van der Waals surface area contributed by atoms with Crippen LogP contribution in [0.4, 0.5) is 0 Å². The van der Waals surface area contributed by atoms with E-state index in [1.165, 1.54) is 0 Å². The van der Waals surface area contributed by atoms with Gasteiger partial charge in [0, 0.05) is 19.3 Å². The third-order valence-corrected chi connectivity index (χ3v) is 3.51. The molecule has 0 saturated carbocycles. The van der Waals surface area contributed by atoms with E-state index in [1.54, 1.807) is 12.4 Å². The van der Waals surface area contributed by atoms with E-state index in [4.69, 9.17) is 9.47 Å². The minimum Gasteiger partial charge on any atom is -0.490 e. The van der Waals surface area contributed by atoms with E-state index in [0.29, 0.717) is 19.7 Å². The van der Waals surface area contributed by atoms with Gasteiger partial charge in [-0.1, -0.05) is 0 Å². The lowest BCUT2D eigenvalue weighted by atomic mass is 10.0. The van der Waals surface area contributed by atoms with E-state index in [-0.39, 0.29) is 29.6 Å². The SMILES string of the molecule is CCNC(=NCC1(C)CCCO1)NCCOc1cccnc1.I. The van der Waals surface area contributed by atoms with Crippen LogP contribution in [0.5, 0.6) is 5.75 Å². The highest BCUT2D eigenvalue weighted by molar-refractivity contribution is 14.0. The normalized spacial score (nSPS) is 20.7. The first kappa shape index (κ1) is 20.0. The van der Waals surface area contributed by atoms with Crippen molar-refractivity contribution in [3.8, 4) is 5.75 Å². The number of rotatable bonds is 7. The van der Waals surface area contributed by atoms with Crippen LogP contribution in [0.15, 0.2) is 29.5 Å². The fourth-order valence-corrected chi connectivity index (χ4v) is 2.32. The Labute approximate surface area is 155 Å².